The summed E-state index contributed by atoms with van der Waals surface area (Å²) < 4.78 is 3.42. The first-order valence-corrected chi connectivity index (χ1v) is 10.1. The summed E-state index contributed by atoms with van der Waals surface area (Å²) in [5.74, 6) is 0.553. The Hall–Kier alpha value is -2.68. The van der Waals surface area contributed by atoms with E-state index < -0.39 is 0 Å². The van der Waals surface area contributed by atoms with Crippen LogP contribution in [-0.2, 0) is 16.9 Å². The fraction of sp³-hybridized carbons (Fsp3) is 0.421. The van der Waals surface area contributed by atoms with Gasteiger partial charge < -0.3 is 5.32 Å². The van der Waals surface area contributed by atoms with Crippen LogP contribution < -0.4 is 10.9 Å². The van der Waals surface area contributed by atoms with Crippen LogP contribution >= 0.6 is 11.8 Å². The SMILES string of the molecule is CC(C)(C)n1ncc2c(=O)n3c(nc21)SCC3CC(=O)NCc1cccnc1. The summed E-state index contributed by atoms with van der Waals surface area (Å²) in [5.41, 5.74) is 1.13. The van der Waals surface area contributed by atoms with Crippen molar-refractivity contribution in [3.05, 3.63) is 46.6 Å². The molecule has 28 heavy (non-hydrogen) atoms. The number of carbonyl (C=O) groups excluding carboxylic acids is 1. The fourth-order valence-electron chi connectivity index (χ4n) is 3.26. The third-order valence-electron chi connectivity index (χ3n) is 4.64. The average Bonchev–Trinajstić information content (AvgIpc) is 3.26. The van der Waals surface area contributed by atoms with E-state index >= 15 is 0 Å². The molecule has 8 nitrogen and oxygen atoms in total. The van der Waals surface area contributed by atoms with E-state index in [2.05, 4.69) is 20.4 Å². The molecular formula is C19H22N6O2S. The van der Waals surface area contributed by atoms with Gasteiger partial charge in [-0.2, -0.15) is 5.10 Å². The first-order chi connectivity index (χ1) is 13.3. The van der Waals surface area contributed by atoms with Crippen molar-refractivity contribution in [3.63, 3.8) is 0 Å². The Labute approximate surface area is 166 Å². The minimum absolute atomic E-state index is 0.0975. The van der Waals surface area contributed by atoms with Crippen molar-refractivity contribution in [1.29, 1.82) is 0 Å². The number of nitrogens with zero attached hydrogens (tertiary/aromatic N) is 5. The molecule has 4 heterocycles. The third kappa shape index (κ3) is 3.42. The van der Waals surface area contributed by atoms with Crippen LogP contribution in [0.2, 0.25) is 0 Å². The van der Waals surface area contributed by atoms with Gasteiger partial charge in [-0.15, -0.1) is 0 Å². The molecule has 3 aromatic rings. The Morgan fingerprint density at radius 1 is 1.36 bits per heavy atom. The molecule has 0 saturated carbocycles. The predicted molar refractivity (Wildman–Crippen MR) is 107 cm³/mol. The number of thioether (sulfide) groups is 1. The van der Waals surface area contributed by atoms with Gasteiger partial charge in [0, 0.05) is 31.1 Å². The Morgan fingerprint density at radius 2 is 2.18 bits per heavy atom. The number of fused-ring (bicyclic) bond motifs is 2. The van der Waals surface area contributed by atoms with E-state index in [-0.39, 0.29) is 29.5 Å². The topological polar surface area (TPSA) is 94.7 Å². The number of hydrogen-bond donors (Lipinski definition) is 1. The Morgan fingerprint density at radius 3 is 2.89 bits per heavy atom. The van der Waals surface area contributed by atoms with Crippen LogP contribution in [-0.4, -0.2) is 36.0 Å². The van der Waals surface area contributed by atoms with Crippen molar-refractivity contribution >= 4 is 28.7 Å². The fourth-order valence-corrected chi connectivity index (χ4v) is 4.39. The summed E-state index contributed by atoms with van der Waals surface area (Å²) in [5, 5.41) is 8.39. The average molecular weight is 398 g/mol. The summed E-state index contributed by atoms with van der Waals surface area (Å²) in [6.45, 7) is 6.49. The van der Waals surface area contributed by atoms with Gasteiger partial charge in [0.05, 0.1) is 17.8 Å². The minimum atomic E-state index is -0.269. The second-order valence-electron chi connectivity index (χ2n) is 7.84. The normalized spacial score (nSPS) is 16.3. The van der Waals surface area contributed by atoms with Crippen molar-refractivity contribution < 1.29 is 4.79 Å². The lowest BCUT2D eigenvalue weighted by Gasteiger charge is -2.20. The van der Waals surface area contributed by atoms with Crippen molar-refractivity contribution in [2.24, 2.45) is 0 Å². The second-order valence-corrected chi connectivity index (χ2v) is 8.83. The number of carbonyl (C=O) groups is 1. The molecule has 0 bridgehead atoms. The van der Waals surface area contributed by atoms with Gasteiger partial charge in [0.1, 0.15) is 5.39 Å². The number of amides is 1. The monoisotopic (exact) mass is 398 g/mol. The lowest BCUT2D eigenvalue weighted by Crippen LogP contribution is -2.31. The molecule has 4 rings (SSSR count). The van der Waals surface area contributed by atoms with Crippen molar-refractivity contribution in [3.8, 4) is 0 Å². The molecule has 1 atom stereocenters. The molecule has 0 aromatic carbocycles. The number of pyridine rings is 1. The van der Waals surface area contributed by atoms with Crippen molar-refractivity contribution in [2.75, 3.05) is 5.75 Å². The molecule has 3 aromatic heterocycles. The van der Waals surface area contributed by atoms with E-state index in [4.69, 9.17) is 0 Å². The molecule has 146 valence electrons. The van der Waals surface area contributed by atoms with Gasteiger partial charge in [-0.1, -0.05) is 17.8 Å². The number of aromatic nitrogens is 5. The van der Waals surface area contributed by atoms with Crippen LogP contribution in [0.4, 0.5) is 0 Å². The molecule has 0 radical (unpaired) electrons. The van der Waals surface area contributed by atoms with Crippen LogP contribution in [0.25, 0.3) is 11.0 Å². The molecule has 0 saturated heterocycles. The third-order valence-corrected chi connectivity index (χ3v) is 5.74. The van der Waals surface area contributed by atoms with Gasteiger partial charge in [0.25, 0.3) is 5.56 Å². The summed E-state index contributed by atoms with van der Waals surface area (Å²) in [6, 6.07) is 3.53. The molecule has 0 spiro atoms. The van der Waals surface area contributed by atoms with Gasteiger partial charge in [-0.25, -0.2) is 9.67 Å². The Bertz CT molecular complexity index is 1080. The summed E-state index contributed by atoms with van der Waals surface area (Å²) >= 11 is 1.50. The highest BCUT2D eigenvalue weighted by Gasteiger charge is 2.30. The summed E-state index contributed by atoms with van der Waals surface area (Å²) in [4.78, 5) is 34.2. The molecule has 1 aliphatic rings. The van der Waals surface area contributed by atoms with Crippen LogP contribution in [0.5, 0.6) is 0 Å². The maximum absolute atomic E-state index is 13.0. The number of nitrogens with one attached hydrogen (secondary N) is 1. The standard InChI is InChI=1S/C19H22N6O2S/c1-19(2,3)25-16-14(10-22-25)17(27)24-13(11-28-18(24)23-16)7-15(26)21-9-12-5-4-6-20-8-12/h4-6,8,10,13H,7,9,11H2,1-3H3,(H,21,26). The van der Waals surface area contributed by atoms with E-state index in [0.717, 1.165) is 5.56 Å². The van der Waals surface area contributed by atoms with Crippen LogP contribution in [0.15, 0.2) is 40.7 Å². The van der Waals surface area contributed by atoms with Gasteiger partial charge in [-0.05, 0) is 32.4 Å². The van der Waals surface area contributed by atoms with Gasteiger partial charge in [-0.3, -0.25) is 19.1 Å². The quantitative estimate of drug-likeness (QED) is 0.677. The van der Waals surface area contributed by atoms with Crippen LogP contribution in [0, 0.1) is 0 Å². The summed E-state index contributed by atoms with van der Waals surface area (Å²) in [6.07, 6.45) is 5.23. The molecule has 9 heteroatoms. The number of hydrogen-bond acceptors (Lipinski definition) is 6. The zero-order chi connectivity index (χ0) is 19.9. The first kappa shape index (κ1) is 18.7. The maximum atomic E-state index is 13.0. The molecule has 0 fully saturated rings. The highest BCUT2D eigenvalue weighted by Crippen LogP contribution is 2.33. The lowest BCUT2D eigenvalue weighted by molar-refractivity contribution is -0.121. The maximum Gasteiger partial charge on any atom is 0.265 e. The molecule has 1 aliphatic heterocycles. The Balaban J connectivity index is 1.56. The molecule has 1 amide bonds. The van der Waals surface area contributed by atoms with E-state index in [1.165, 1.54) is 11.8 Å². The smallest absolute Gasteiger partial charge is 0.265 e. The van der Waals surface area contributed by atoms with Gasteiger partial charge >= 0.3 is 0 Å². The zero-order valence-electron chi connectivity index (χ0n) is 16.0. The van der Waals surface area contributed by atoms with Crippen LogP contribution in [0.3, 0.4) is 0 Å². The van der Waals surface area contributed by atoms with Crippen molar-refractivity contribution in [2.45, 2.75) is 50.5 Å². The molecule has 1 unspecified atom stereocenters. The van der Waals surface area contributed by atoms with E-state index in [1.54, 1.807) is 27.8 Å². The van der Waals surface area contributed by atoms with Gasteiger partial charge in [0.15, 0.2) is 10.8 Å². The van der Waals surface area contributed by atoms with E-state index in [1.807, 2.05) is 32.9 Å². The summed E-state index contributed by atoms with van der Waals surface area (Å²) in [7, 11) is 0. The minimum Gasteiger partial charge on any atom is -0.352 e. The lowest BCUT2D eigenvalue weighted by atomic mass is 10.1. The highest BCUT2D eigenvalue weighted by molar-refractivity contribution is 7.99. The Kier molecular flexibility index (Phi) is 4.70. The number of rotatable bonds is 4. The van der Waals surface area contributed by atoms with E-state index in [0.29, 0.717) is 28.5 Å². The van der Waals surface area contributed by atoms with E-state index in [9.17, 15) is 9.59 Å². The second kappa shape index (κ2) is 7.05. The predicted octanol–water partition coefficient (Wildman–Crippen LogP) is 2.10. The highest BCUT2D eigenvalue weighted by atomic mass is 32.2. The molecular weight excluding hydrogens is 376 g/mol. The molecule has 0 aliphatic carbocycles. The largest absolute Gasteiger partial charge is 0.352 e. The molecule has 1 N–H and O–H groups in total. The van der Waals surface area contributed by atoms with Gasteiger partial charge in [0.2, 0.25) is 5.91 Å². The van der Waals surface area contributed by atoms with Crippen LogP contribution in [0.1, 0.15) is 38.8 Å². The van der Waals surface area contributed by atoms with Crippen molar-refractivity contribution in [1.82, 2.24) is 29.6 Å². The zero-order valence-corrected chi connectivity index (χ0v) is 16.9. The first-order valence-electron chi connectivity index (χ1n) is 9.14.